The number of ether oxygens (including phenoxy) is 2. The maximum Gasteiger partial charge on any atom is 0.338 e. The number of amides is 1. The Kier molecular flexibility index (Phi) is 7.04. The fourth-order valence-electron chi connectivity index (χ4n) is 2.35. The minimum absolute atomic E-state index is 0.255. The molecule has 2 aromatic carbocycles. The van der Waals surface area contributed by atoms with E-state index >= 15 is 0 Å². The van der Waals surface area contributed by atoms with Gasteiger partial charge in [-0.05, 0) is 50.1 Å². The Balaban J connectivity index is 2.05. The third-order valence-electron chi connectivity index (χ3n) is 3.76. The molecule has 0 saturated heterocycles. The van der Waals surface area contributed by atoms with Gasteiger partial charge in [-0.3, -0.25) is 4.79 Å². The molecule has 1 amide bonds. The molecule has 138 valence electrons. The van der Waals surface area contributed by atoms with Crippen molar-refractivity contribution in [2.75, 3.05) is 11.9 Å². The second-order valence-electron chi connectivity index (χ2n) is 5.63. The van der Waals surface area contributed by atoms with Crippen molar-refractivity contribution < 1.29 is 19.1 Å². The number of aryl methyl sites for hydroxylation is 1. The number of carbonyl (C=O) groups is 2. The van der Waals surface area contributed by atoms with E-state index in [2.05, 4.69) is 5.32 Å². The highest BCUT2D eigenvalue weighted by Crippen LogP contribution is 2.25. The fraction of sp³-hybridized carbons (Fsp3) is 0.300. The van der Waals surface area contributed by atoms with Crippen LogP contribution >= 0.6 is 11.6 Å². The quantitative estimate of drug-likeness (QED) is 0.724. The Labute approximate surface area is 158 Å². The van der Waals surface area contributed by atoms with Gasteiger partial charge in [0.2, 0.25) is 0 Å². The molecule has 0 aliphatic carbocycles. The van der Waals surface area contributed by atoms with Gasteiger partial charge in [0.05, 0.1) is 22.9 Å². The highest BCUT2D eigenvalue weighted by atomic mass is 35.5. The van der Waals surface area contributed by atoms with Crippen LogP contribution in [0.5, 0.6) is 5.75 Å². The minimum Gasteiger partial charge on any atom is -0.481 e. The molecule has 6 heteroatoms. The Morgan fingerprint density at radius 2 is 1.88 bits per heavy atom. The fourth-order valence-corrected chi connectivity index (χ4v) is 2.57. The van der Waals surface area contributed by atoms with E-state index in [0.717, 1.165) is 12.0 Å². The molecular formula is C20H22ClNO4. The SMILES string of the molecule is CCOC(=O)c1ccc(NC(=O)[C@H](C)Oc2ccccc2CC)c(Cl)c1. The number of hydrogen-bond donors (Lipinski definition) is 1. The first-order valence-electron chi connectivity index (χ1n) is 8.48. The number of carbonyl (C=O) groups excluding carboxylic acids is 2. The topological polar surface area (TPSA) is 64.6 Å². The summed E-state index contributed by atoms with van der Waals surface area (Å²) in [5, 5.41) is 2.97. The van der Waals surface area contributed by atoms with E-state index in [0.29, 0.717) is 17.0 Å². The average Bonchev–Trinajstić information content (AvgIpc) is 2.63. The van der Waals surface area contributed by atoms with Gasteiger partial charge in [0.15, 0.2) is 6.10 Å². The van der Waals surface area contributed by atoms with Crippen molar-refractivity contribution >= 4 is 29.2 Å². The molecule has 0 aromatic heterocycles. The first-order chi connectivity index (χ1) is 12.5. The lowest BCUT2D eigenvalue weighted by Crippen LogP contribution is -2.30. The van der Waals surface area contributed by atoms with Gasteiger partial charge in [0, 0.05) is 0 Å². The molecule has 0 bridgehead atoms. The molecule has 5 nitrogen and oxygen atoms in total. The van der Waals surface area contributed by atoms with E-state index in [1.165, 1.54) is 6.07 Å². The average molecular weight is 376 g/mol. The highest BCUT2D eigenvalue weighted by molar-refractivity contribution is 6.34. The third-order valence-corrected chi connectivity index (χ3v) is 4.08. The van der Waals surface area contributed by atoms with Crippen LogP contribution in [-0.4, -0.2) is 24.6 Å². The van der Waals surface area contributed by atoms with Crippen molar-refractivity contribution in [3.05, 3.63) is 58.6 Å². The highest BCUT2D eigenvalue weighted by Gasteiger charge is 2.18. The predicted octanol–water partition coefficient (Wildman–Crippen LogP) is 4.49. The number of benzene rings is 2. The summed E-state index contributed by atoms with van der Waals surface area (Å²) in [6.45, 7) is 5.70. The van der Waals surface area contributed by atoms with Crippen LogP contribution < -0.4 is 10.1 Å². The molecule has 0 unspecified atom stereocenters. The van der Waals surface area contributed by atoms with E-state index in [-0.39, 0.29) is 17.5 Å². The van der Waals surface area contributed by atoms with Gasteiger partial charge in [0.25, 0.3) is 5.91 Å². The molecule has 0 aliphatic heterocycles. The van der Waals surface area contributed by atoms with E-state index in [4.69, 9.17) is 21.1 Å². The summed E-state index contributed by atoms with van der Waals surface area (Å²) in [4.78, 5) is 24.1. The van der Waals surface area contributed by atoms with Crippen LogP contribution in [0.3, 0.4) is 0 Å². The van der Waals surface area contributed by atoms with E-state index in [1.54, 1.807) is 26.0 Å². The van der Waals surface area contributed by atoms with Crippen molar-refractivity contribution in [1.29, 1.82) is 0 Å². The van der Waals surface area contributed by atoms with Crippen LogP contribution in [0.25, 0.3) is 0 Å². The molecule has 2 aromatic rings. The Morgan fingerprint density at radius 3 is 2.54 bits per heavy atom. The summed E-state index contributed by atoms with van der Waals surface area (Å²) in [5.41, 5.74) is 1.77. The largest absolute Gasteiger partial charge is 0.481 e. The Bertz CT molecular complexity index is 791. The molecule has 0 aliphatic rings. The number of esters is 1. The van der Waals surface area contributed by atoms with Gasteiger partial charge < -0.3 is 14.8 Å². The normalized spacial score (nSPS) is 11.5. The number of rotatable bonds is 7. The summed E-state index contributed by atoms with van der Waals surface area (Å²) in [6, 6.07) is 12.2. The predicted molar refractivity (Wildman–Crippen MR) is 102 cm³/mol. The Morgan fingerprint density at radius 1 is 1.15 bits per heavy atom. The van der Waals surface area contributed by atoms with Crippen molar-refractivity contribution in [3.8, 4) is 5.75 Å². The summed E-state index contributed by atoms with van der Waals surface area (Å²) in [6.07, 6.45) is 0.106. The van der Waals surface area contributed by atoms with Crippen molar-refractivity contribution in [1.82, 2.24) is 0 Å². The van der Waals surface area contributed by atoms with Gasteiger partial charge >= 0.3 is 5.97 Å². The minimum atomic E-state index is -0.705. The molecule has 0 spiro atoms. The third kappa shape index (κ3) is 4.99. The van der Waals surface area contributed by atoms with Gasteiger partial charge in [-0.15, -0.1) is 0 Å². The zero-order chi connectivity index (χ0) is 19.1. The molecule has 1 atom stereocenters. The van der Waals surface area contributed by atoms with E-state index in [1.807, 2.05) is 31.2 Å². The van der Waals surface area contributed by atoms with Crippen molar-refractivity contribution in [2.45, 2.75) is 33.3 Å². The molecule has 1 N–H and O–H groups in total. The molecule has 2 rings (SSSR count). The molecular weight excluding hydrogens is 354 g/mol. The lowest BCUT2D eigenvalue weighted by Gasteiger charge is -2.17. The van der Waals surface area contributed by atoms with E-state index < -0.39 is 12.1 Å². The molecule has 0 heterocycles. The summed E-state index contributed by atoms with van der Waals surface area (Å²) in [7, 11) is 0. The monoisotopic (exact) mass is 375 g/mol. The summed E-state index contributed by atoms with van der Waals surface area (Å²) < 4.78 is 10.7. The number of halogens is 1. The lowest BCUT2D eigenvalue weighted by molar-refractivity contribution is -0.122. The van der Waals surface area contributed by atoms with E-state index in [9.17, 15) is 9.59 Å². The van der Waals surface area contributed by atoms with Crippen molar-refractivity contribution in [2.24, 2.45) is 0 Å². The summed E-state index contributed by atoms with van der Waals surface area (Å²) >= 11 is 6.17. The molecule has 0 radical (unpaired) electrons. The zero-order valence-electron chi connectivity index (χ0n) is 15.0. The summed E-state index contributed by atoms with van der Waals surface area (Å²) in [5.74, 6) is -0.108. The van der Waals surface area contributed by atoms with Crippen LogP contribution in [0.2, 0.25) is 5.02 Å². The number of para-hydroxylation sites is 1. The van der Waals surface area contributed by atoms with Gasteiger partial charge in [-0.1, -0.05) is 36.7 Å². The van der Waals surface area contributed by atoms with Crippen LogP contribution in [0, 0.1) is 0 Å². The molecule has 0 fully saturated rings. The number of anilines is 1. The first kappa shape index (κ1) is 19.8. The van der Waals surface area contributed by atoms with Gasteiger partial charge in [0.1, 0.15) is 5.75 Å². The lowest BCUT2D eigenvalue weighted by atomic mass is 10.1. The number of nitrogens with one attached hydrogen (secondary N) is 1. The van der Waals surface area contributed by atoms with Crippen LogP contribution in [0.1, 0.15) is 36.7 Å². The standard InChI is InChI=1S/C20H22ClNO4/c1-4-14-8-6-7-9-18(14)26-13(3)19(23)22-17-11-10-15(12-16(17)21)20(24)25-5-2/h6-13H,4-5H2,1-3H3,(H,22,23)/t13-/m0/s1. The molecule has 26 heavy (non-hydrogen) atoms. The second-order valence-corrected chi connectivity index (χ2v) is 6.03. The number of hydrogen-bond acceptors (Lipinski definition) is 4. The van der Waals surface area contributed by atoms with Gasteiger partial charge in [-0.25, -0.2) is 4.79 Å². The zero-order valence-corrected chi connectivity index (χ0v) is 15.8. The van der Waals surface area contributed by atoms with Gasteiger partial charge in [-0.2, -0.15) is 0 Å². The van der Waals surface area contributed by atoms with Crippen molar-refractivity contribution in [3.63, 3.8) is 0 Å². The first-order valence-corrected chi connectivity index (χ1v) is 8.86. The smallest absolute Gasteiger partial charge is 0.338 e. The molecule has 0 saturated carbocycles. The van der Waals surface area contributed by atoms with Crippen LogP contribution in [0.15, 0.2) is 42.5 Å². The maximum absolute atomic E-state index is 12.4. The Hall–Kier alpha value is -2.53. The van der Waals surface area contributed by atoms with Crippen LogP contribution in [-0.2, 0) is 16.0 Å². The van der Waals surface area contributed by atoms with Crippen LogP contribution in [0.4, 0.5) is 5.69 Å². The maximum atomic E-state index is 12.4. The second kappa shape index (κ2) is 9.25.